The van der Waals surface area contributed by atoms with Crippen molar-refractivity contribution in [1.82, 2.24) is 5.32 Å². The van der Waals surface area contributed by atoms with Gasteiger partial charge >= 0.3 is 0 Å². The second-order valence-electron chi connectivity index (χ2n) is 5.40. The second-order valence-corrected chi connectivity index (χ2v) is 5.40. The van der Waals surface area contributed by atoms with Gasteiger partial charge in [-0.3, -0.25) is 4.79 Å². The number of ether oxygens (including phenoxy) is 2. The highest BCUT2D eigenvalue weighted by atomic mass is 16.5. The van der Waals surface area contributed by atoms with Gasteiger partial charge in [-0.05, 0) is 31.4 Å². The number of carbonyl (C=O) groups excluding carboxylic acids is 2. The predicted molar refractivity (Wildman–Crippen MR) is 79.5 cm³/mol. The number of hydrogen-bond acceptors (Lipinski definition) is 5. The Balaban J connectivity index is 2.42. The average molecular weight is 308 g/mol. The van der Waals surface area contributed by atoms with Crippen LogP contribution in [-0.4, -0.2) is 31.1 Å². The maximum absolute atomic E-state index is 11.5. The van der Waals surface area contributed by atoms with Gasteiger partial charge in [0.2, 0.25) is 0 Å². The molecule has 1 aromatic rings. The highest BCUT2D eigenvalue weighted by molar-refractivity contribution is 5.83. The van der Waals surface area contributed by atoms with Crippen molar-refractivity contribution < 1.29 is 24.2 Å². The van der Waals surface area contributed by atoms with Crippen molar-refractivity contribution in [3.8, 4) is 11.5 Å². The van der Waals surface area contributed by atoms with Gasteiger partial charge in [-0.25, -0.2) is 0 Å². The zero-order valence-electron chi connectivity index (χ0n) is 13.1. The Hall–Kier alpha value is -2.24. The number of amides is 1. The maximum Gasteiger partial charge on any atom is 0.258 e. The van der Waals surface area contributed by atoms with Crippen molar-refractivity contribution in [2.24, 2.45) is 5.92 Å². The van der Waals surface area contributed by atoms with E-state index in [-0.39, 0.29) is 6.61 Å². The summed E-state index contributed by atoms with van der Waals surface area (Å²) in [7, 11) is 0. The smallest absolute Gasteiger partial charge is 0.258 e. The third-order valence-electron chi connectivity index (χ3n) is 2.87. The van der Waals surface area contributed by atoms with Gasteiger partial charge < -0.3 is 24.7 Å². The Morgan fingerprint density at radius 3 is 2.41 bits per heavy atom. The highest BCUT2D eigenvalue weighted by Gasteiger charge is 2.09. The lowest BCUT2D eigenvalue weighted by atomic mass is 10.1. The average Bonchev–Trinajstić information content (AvgIpc) is 2.45. The molecule has 0 heterocycles. The summed E-state index contributed by atoms with van der Waals surface area (Å²) in [5.74, 6) is -0.148. The van der Waals surface area contributed by atoms with E-state index in [1.165, 1.54) is 6.92 Å². The minimum Gasteiger partial charge on any atom is -0.548 e. The molecule has 1 atom stereocenters. The summed E-state index contributed by atoms with van der Waals surface area (Å²) in [4.78, 5) is 22.0. The summed E-state index contributed by atoms with van der Waals surface area (Å²) in [5.41, 5.74) is 0. The zero-order chi connectivity index (χ0) is 16.5. The Bertz CT molecular complexity index is 501. The molecule has 1 aromatic carbocycles. The molecule has 6 nitrogen and oxygen atoms in total. The van der Waals surface area contributed by atoms with Crippen LogP contribution in [0, 0.1) is 5.92 Å². The van der Waals surface area contributed by atoms with Crippen LogP contribution in [0.2, 0.25) is 0 Å². The summed E-state index contributed by atoms with van der Waals surface area (Å²) < 4.78 is 10.9. The number of carbonyl (C=O) groups is 2. The van der Waals surface area contributed by atoms with Crippen LogP contribution in [0.4, 0.5) is 0 Å². The van der Waals surface area contributed by atoms with Gasteiger partial charge in [0.1, 0.15) is 11.5 Å². The van der Waals surface area contributed by atoms with E-state index in [1.807, 2.05) is 6.07 Å². The van der Waals surface area contributed by atoms with Gasteiger partial charge in [-0.2, -0.15) is 0 Å². The van der Waals surface area contributed by atoms with Crippen LogP contribution in [-0.2, 0) is 9.59 Å². The number of aliphatic carboxylic acids is 1. The molecule has 0 spiro atoms. The molecule has 0 aliphatic heterocycles. The summed E-state index contributed by atoms with van der Waals surface area (Å²) in [6.07, 6.45) is 0.953. The molecule has 0 saturated heterocycles. The first-order chi connectivity index (χ1) is 10.4. The van der Waals surface area contributed by atoms with Crippen LogP contribution in [0.25, 0.3) is 0 Å². The van der Waals surface area contributed by atoms with E-state index in [4.69, 9.17) is 9.47 Å². The zero-order valence-corrected chi connectivity index (χ0v) is 13.1. The van der Waals surface area contributed by atoms with E-state index >= 15 is 0 Å². The molecule has 0 radical (unpaired) electrons. The van der Waals surface area contributed by atoms with E-state index in [1.54, 1.807) is 18.2 Å². The third-order valence-corrected chi connectivity index (χ3v) is 2.87. The van der Waals surface area contributed by atoms with Crippen LogP contribution in [0.1, 0.15) is 27.2 Å². The van der Waals surface area contributed by atoms with Gasteiger partial charge in [0, 0.05) is 6.07 Å². The first-order valence-electron chi connectivity index (χ1n) is 7.24. The van der Waals surface area contributed by atoms with Gasteiger partial charge in [0.25, 0.3) is 5.91 Å². The molecule has 0 fully saturated rings. The van der Waals surface area contributed by atoms with Gasteiger partial charge in [0.05, 0.1) is 18.6 Å². The number of hydrogen-bond donors (Lipinski definition) is 1. The molecule has 0 bridgehead atoms. The van der Waals surface area contributed by atoms with E-state index < -0.39 is 17.9 Å². The second kappa shape index (κ2) is 8.92. The van der Waals surface area contributed by atoms with E-state index in [9.17, 15) is 14.7 Å². The number of carboxylic acid groups (broad SMARTS) is 1. The Morgan fingerprint density at radius 1 is 1.18 bits per heavy atom. The molecule has 0 saturated carbocycles. The Morgan fingerprint density at radius 2 is 1.82 bits per heavy atom. The molecule has 0 aliphatic rings. The van der Waals surface area contributed by atoms with Crippen molar-refractivity contribution in [3.05, 3.63) is 24.3 Å². The first kappa shape index (κ1) is 17.8. The van der Waals surface area contributed by atoms with Crippen LogP contribution in [0.15, 0.2) is 24.3 Å². The highest BCUT2D eigenvalue weighted by Crippen LogP contribution is 2.19. The molecule has 0 unspecified atom stereocenters. The fourth-order valence-electron chi connectivity index (χ4n) is 1.56. The normalized spacial score (nSPS) is 11.8. The first-order valence-corrected chi connectivity index (χ1v) is 7.24. The van der Waals surface area contributed by atoms with Crippen molar-refractivity contribution in [2.45, 2.75) is 33.2 Å². The largest absolute Gasteiger partial charge is 0.548 e. The number of benzene rings is 1. The van der Waals surface area contributed by atoms with Crippen LogP contribution in [0.3, 0.4) is 0 Å². The molecular formula is C16H22NO5-. The molecule has 6 heteroatoms. The monoisotopic (exact) mass is 308 g/mol. The van der Waals surface area contributed by atoms with Crippen molar-refractivity contribution in [2.75, 3.05) is 13.2 Å². The molecular weight excluding hydrogens is 286 g/mol. The van der Waals surface area contributed by atoms with Crippen LogP contribution in [0.5, 0.6) is 11.5 Å². The predicted octanol–water partition coefficient (Wildman–Crippen LogP) is 0.745. The van der Waals surface area contributed by atoms with Crippen LogP contribution < -0.4 is 19.9 Å². The maximum atomic E-state index is 11.5. The van der Waals surface area contributed by atoms with Gasteiger partial charge in [0.15, 0.2) is 6.61 Å². The fourth-order valence-corrected chi connectivity index (χ4v) is 1.56. The van der Waals surface area contributed by atoms with Crippen molar-refractivity contribution in [3.63, 3.8) is 0 Å². The summed E-state index contributed by atoms with van der Waals surface area (Å²) >= 11 is 0. The third kappa shape index (κ3) is 6.97. The summed E-state index contributed by atoms with van der Waals surface area (Å²) in [6, 6.07) is 5.91. The molecule has 22 heavy (non-hydrogen) atoms. The van der Waals surface area contributed by atoms with Gasteiger partial charge in [-0.15, -0.1) is 0 Å². The lowest BCUT2D eigenvalue weighted by Gasteiger charge is -2.15. The molecule has 0 aliphatic carbocycles. The van der Waals surface area contributed by atoms with Crippen molar-refractivity contribution >= 4 is 11.9 Å². The van der Waals surface area contributed by atoms with Crippen molar-refractivity contribution in [1.29, 1.82) is 0 Å². The molecule has 1 N–H and O–H groups in total. The lowest BCUT2D eigenvalue weighted by Crippen LogP contribution is -2.47. The topological polar surface area (TPSA) is 87.7 Å². The summed E-state index contributed by atoms with van der Waals surface area (Å²) in [6.45, 7) is 5.92. The molecule has 0 aromatic heterocycles. The Kier molecular flexibility index (Phi) is 7.22. The molecule has 122 valence electrons. The Labute approximate surface area is 130 Å². The minimum absolute atomic E-state index is 0.271. The standard InChI is InChI=1S/C16H23NO5/c1-11(2)7-8-21-13-5-4-6-14(9-13)22-10-15(18)17-12(3)16(19)20/h4-6,9,11-12H,7-8,10H2,1-3H3,(H,17,18)(H,19,20)/p-1/t12-/m0/s1. The molecule has 1 rings (SSSR count). The quantitative estimate of drug-likeness (QED) is 0.727. The molecule has 1 amide bonds. The van der Waals surface area contributed by atoms with E-state index in [2.05, 4.69) is 19.2 Å². The fraction of sp³-hybridized carbons (Fsp3) is 0.500. The SMILES string of the molecule is CC(C)CCOc1cccc(OCC(=O)N[C@@H](C)C(=O)[O-])c1. The number of nitrogens with one attached hydrogen (secondary N) is 1. The minimum atomic E-state index is -1.34. The lowest BCUT2D eigenvalue weighted by molar-refractivity contribution is -0.307. The number of rotatable bonds is 9. The van der Waals surface area contributed by atoms with Gasteiger partial charge in [-0.1, -0.05) is 19.9 Å². The van der Waals surface area contributed by atoms with E-state index in [0.717, 1.165) is 6.42 Å². The summed E-state index contributed by atoms with van der Waals surface area (Å²) in [5, 5.41) is 12.8. The van der Waals surface area contributed by atoms with E-state index in [0.29, 0.717) is 24.0 Å². The number of carboxylic acids is 1. The van der Waals surface area contributed by atoms with Crippen LogP contribution >= 0.6 is 0 Å².